The number of nitrogens with zero attached hydrogens (tertiary/aromatic N) is 3. The van der Waals surface area contributed by atoms with Gasteiger partial charge in [0, 0.05) is 24.9 Å². The van der Waals surface area contributed by atoms with Crippen LogP contribution in [0.2, 0.25) is 0 Å². The van der Waals surface area contributed by atoms with Crippen molar-refractivity contribution in [3.63, 3.8) is 0 Å². The lowest BCUT2D eigenvalue weighted by Gasteiger charge is -2.24. The Morgan fingerprint density at radius 3 is 2.26 bits per heavy atom. The van der Waals surface area contributed by atoms with Crippen LogP contribution < -0.4 is 9.64 Å². The maximum absolute atomic E-state index is 13.5. The molecule has 3 rings (SSSR count). The minimum absolute atomic E-state index is 0. The number of aromatic nitrogens is 1. The highest BCUT2D eigenvalue weighted by Crippen LogP contribution is 2.31. The first kappa shape index (κ1) is 28.0. The van der Waals surface area contributed by atoms with Gasteiger partial charge in [0.25, 0.3) is 5.91 Å². The highest BCUT2D eigenvalue weighted by molar-refractivity contribution is 7.90. The number of carbonyl (C=O) groups is 1. The Morgan fingerprint density at radius 1 is 1.06 bits per heavy atom. The molecule has 1 aromatic heterocycles. The number of carbonyl (C=O) groups excluding carboxylic acids is 1. The van der Waals surface area contributed by atoms with Crippen LogP contribution >= 0.6 is 23.7 Å². The van der Waals surface area contributed by atoms with Crippen molar-refractivity contribution in [1.29, 1.82) is 0 Å². The fourth-order valence-electron chi connectivity index (χ4n) is 3.41. The van der Waals surface area contributed by atoms with Crippen molar-refractivity contribution in [2.75, 3.05) is 37.3 Å². The zero-order valence-corrected chi connectivity index (χ0v) is 22.6. The third-order valence-electron chi connectivity index (χ3n) is 5.26. The summed E-state index contributed by atoms with van der Waals surface area (Å²) in [6, 6.07) is 12.0. The van der Waals surface area contributed by atoms with Crippen LogP contribution in [-0.2, 0) is 9.84 Å². The van der Waals surface area contributed by atoms with Gasteiger partial charge in [-0.3, -0.25) is 9.69 Å². The van der Waals surface area contributed by atoms with Crippen molar-refractivity contribution in [1.82, 2.24) is 9.88 Å². The molecule has 0 atom stereocenters. The van der Waals surface area contributed by atoms with E-state index in [1.165, 1.54) is 17.6 Å². The van der Waals surface area contributed by atoms with E-state index in [4.69, 9.17) is 4.74 Å². The van der Waals surface area contributed by atoms with Crippen molar-refractivity contribution in [3.8, 4) is 5.75 Å². The second-order valence-electron chi connectivity index (χ2n) is 8.07. The van der Waals surface area contributed by atoms with Gasteiger partial charge in [-0.15, -0.1) is 12.4 Å². The molecule has 34 heavy (non-hydrogen) atoms. The van der Waals surface area contributed by atoms with Crippen LogP contribution in [0.1, 0.15) is 38.1 Å². The maximum Gasteiger partial charge on any atom is 0.260 e. The van der Waals surface area contributed by atoms with Gasteiger partial charge < -0.3 is 9.64 Å². The van der Waals surface area contributed by atoms with Crippen LogP contribution in [0.25, 0.3) is 10.2 Å². The van der Waals surface area contributed by atoms with E-state index in [1.54, 1.807) is 47.4 Å². The first-order valence-electron chi connectivity index (χ1n) is 11.0. The number of hydrogen-bond acceptors (Lipinski definition) is 7. The van der Waals surface area contributed by atoms with Gasteiger partial charge in [-0.25, -0.2) is 13.4 Å². The molecule has 0 aliphatic rings. The highest BCUT2D eigenvalue weighted by atomic mass is 35.5. The summed E-state index contributed by atoms with van der Waals surface area (Å²) in [4.78, 5) is 22.3. The van der Waals surface area contributed by atoms with Crippen molar-refractivity contribution >= 4 is 54.8 Å². The van der Waals surface area contributed by atoms with Crippen molar-refractivity contribution in [3.05, 3.63) is 48.0 Å². The molecule has 2 aromatic carbocycles. The molecule has 0 aliphatic carbocycles. The van der Waals surface area contributed by atoms with Gasteiger partial charge in [-0.2, -0.15) is 0 Å². The predicted octanol–water partition coefficient (Wildman–Crippen LogP) is 4.90. The van der Waals surface area contributed by atoms with Gasteiger partial charge in [0.15, 0.2) is 15.0 Å². The molecule has 10 heteroatoms. The number of rotatable bonds is 10. The number of benzene rings is 2. The van der Waals surface area contributed by atoms with E-state index in [9.17, 15) is 13.2 Å². The lowest BCUT2D eigenvalue weighted by atomic mass is 10.2. The fraction of sp³-hybridized carbons (Fsp3) is 0.417. The first-order chi connectivity index (χ1) is 15.6. The lowest BCUT2D eigenvalue weighted by Crippen LogP contribution is -2.38. The molecule has 7 nitrogen and oxygen atoms in total. The van der Waals surface area contributed by atoms with Crippen molar-refractivity contribution in [2.45, 2.75) is 38.7 Å². The molecular weight excluding hydrogens is 494 g/mol. The number of amides is 1. The summed E-state index contributed by atoms with van der Waals surface area (Å²) < 4.78 is 30.3. The third kappa shape index (κ3) is 6.91. The minimum atomic E-state index is -3.33. The SMILES string of the molecule is CCN(CC)CCN(C(=O)c1ccc(OC(C)C)cc1)c1nc2ccc(S(C)(=O)=O)cc2s1.Cl. The molecule has 3 aromatic rings. The molecule has 0 bridgehead atoms. The average Bonchev–Trinajstić information content (AvgIpc) is 3.19. The monoisotopic (exact) mass is 525 g/mol. The number of fused-ring (bicyclic) bond motifs is 1. The summed E-state index contributed by atoms with van der Waals surface area (Å²) in [6.45, 7) is 11.0. The summed E-state index contributed by atoms with van der Waals surface area (Å²) in [5.74, 6) is 0.560. The Balaban J connectivity index is 0.00000408. The van der Waals surface area contributed by atoms with E-state index in [0.717, 1.165) is 17.8 Å². The summed E-state index contributed by atoms with van der Waals surface area (Å²) in [6.07, 6.45) is 1.24. The van der Waals surface area contributed by atoms with Crippen molar-refractivity contribution < 1.29 is 17.9 Å². The second-order valence-corrected chi connectivity index (χ2v) is 11.1. The number of likely N-dealkylation sites (N-methyl/N-ethyl adjacent to an activating group) is 1. The molecule has 0 fully saturated rings. The lowest BCUT2D eigenvalue weighted by molar-refractivity contribution is 0.0983. The Labute approximate surface area is 212 Å². The van der Waals surface area contributed by atoms with E-state index in [2.05, 4.69) is 23.7 Å². The number of anilines is 1. The zero-order valence-electron chi connectivity index (χ0n) is 20.1. The predicted molar refractivity (Wildman–Crippen MR) is 142 cm³/mol. The maximum atomic E-state index is 13.5. The van der Waals surface area contributed by atoms with Gasteiger partial charge >= 0.3 is 0 Å². The molecule has 0 N–H and O–H groups in total. The average molecular weight is 526 g/mol. The molecule has 0 spiro atoms. The van der Waals surface area contributed by atoms with Crippen LogP contribution in [0.4, 0.5) is 5.13 Å². The van der Waals surface area contributed by atoms with Gasteiger partial charge in [-0.05, 0) is 69.4 Å². The van der Waals surface area contributed by atoms with Crippen LogP contribution in [0.15, 0.2) is 47.4 Å². The number of thiazole rings is 1. The molecular formula is C24H32ClN3O4S2. The molecule has 1 heterocycles. The van der Waals surface area contributed by atoms with Crippen LogP contribution in [0.5, 0.6) is 5.75 Å². The molecule has 1 amide bonds. The number of ether oxygens (including phenoxy) is 1. The molecule has 0 saturated heterocycles. The molecule has 186 valence electrons. The number of hydrogen-bond donors (Lipinski definition) is 0. The second kappa shape index (κ2) is 12.0. The summed E-state index contributed by atoms with van der Waals surface area (Å²) in [5, 5.41) is 0.551. The van der Waals surface area contributed by atoms with E-state index in [0.29, 0.717) is 35.1 Å². The van der Waals surface area contributed by atoms with Gasteiger partial charge in [-0.1, -0.05) is 25.2 Å². The normalized spacial score (nSPS) is 11.6. The third-order valence-corrected chi connectivity index (χ3v) is 7.41. The standard InChI is InChI=1S/C24H31N3O4S2.ClH/c1-6-26(7-2)14-15-27(23(28)18-8-10-19(11-9-18)31-17(3)4)24-25-21-13-12-20(33(5,29)30)16-22(21)32-24;/h8-13,16-17H,6-7,14-15H2,1-5H3;1H. The van der Waals surface area contributed by atoms with Gasteiger partial charge in [0.05, 0.1) is 21.2 Å². The fourth-order valence-corrected chi connectivity index (χ4v) is 5.16. The Kier molecular flexibility index (Phi) is 9.87. The molecule has 0 radical (unpaired) electrons. The van der Waals surface area contributed by atoms with Crippen LogP contribution in [0, 0.1) is 0 Å². The molecule has 0 unspecified atom stereocenters. The summed E-state index contributed by atoms with van der Waals surface area (Å²) >= 11 is 1.32. The van der Waals surface area contributed by atoms with Crippen LogP contribution in [0.3, 0.4) is 0 Å². The van der Waals surface area contributed by atoms with E-state index < -0.39 is 9.84 Å². The summed E-state index contributed by atoms with van der Waals surface area (Å²) in [7, 11) is -3.33. The topological polar surface area (TPSA) is 79.8 Å². The Hall–Kier alpha value is -2.20. The largest absolute Gasteiger partial charge is 0.491 e. The van der Waals surface area contributed by atoms with Gasteiger partial charge in [0.1, 0.15) is 5.75 Å². The number of halogens is 1. The molecule has 0 saturated carbocycles. The Morgan fingerprint density at radius 2 is 1.71 bits per heavy atom. The molecule has 0 aliphatic heterocycles. The number of sulfone groups is 1. The van der Waals surface area contributed by atoms with E-state index >= 15 is 0 Å². The van der Waals surface area contributed by atoms with E-state index in [1.807, 2.05) is 13.8 Å². The van der Waals surface area contributed by atoms with E-state index in [-0.39, 0.29) is 29.3 Å². The summed E-state index contributed by atoms with van der Waals surface area (Å²) in [5.41, 5.74) is 1.21. The minimum Gasteiger partial charge on any atom is -0.491 e. The Bertz CT molecular complexity index is 1210. The van der Waals surface area contributed by atoms with Crippen molar-refractivity contribution in [2.24, 2.45) is 0 Å². The quantitative estimate of drug-likeness (QED) is 0.374. The van der Waals surface area contributed by atoms with Gasteiger partial charge in [0.2, 0.25) is 0 Å². The van der Waals surface area contributed by atoms with Crippen LogP contribution in [-0.4, -0.2) is 62.7 Å². The first-order valence-corrected chi connectivity index (χ1v) is 13.7. The highest BCUT2D eigenvalue weighted by Gasteiger charge is 2.22. The zero-order chi connectivity index (χ0) is 24.2. The smallest absolute Gasteiger partial charge is 0.260 e.